The van der Waals surface area contributed by atoms with E-state index in [2.05, 4.69) is 20.9 Å². The number of pyridine rings is 1. The van der Waals surface area contributed by atoms with Crippen molar-refractivity contribution >= 4 is 40.5 Å². The number of benzene rings is 2. The molecule has 0 radical (unpaired) electrons. The first kappa shape index (κ1) is 35.6. The Morgan fingerprint density at radius 3 is 2.33 bits per heavy atom. The van der Waals surface area contributed by atoms with Gasteiger partial charge < -0.3 is 20.7 Å². The van der Waals surface area contributed by atoms with Crippen LogP contribution < -0.4 is 26.2 Å². The molecule has 2 aromatic carbocycles. The van der Waals surface area contributed by atoms with Gasteiger partial charge in [-0.1, -0.05) is 65.7 Å². The van der Waals surface area contributed by atoms with Crippen LogP contribution in [0.15, 0.2) is 65.6 Å². The summed E-state index contributed by atoms with van der Waals surface area (Å²) in [6.07, 6.45) is 5.30. The number of fused-ring (bicyclic) bond motifs is 1. The van der Waals surface area contributed by atoms with Gasteiger partial charge in [0.15, 0.2) is 0 Å². The van der Waals surface area contributed by atoms with E-state index in [-0.39, 0.29) is 29.6 Å². The van der Waals surface area contributed by atoms with Gasteiger partial charge in [0, 0.05) is 72.1 Å². The van der Waals surface area contributed by atoms with Gasteiger partial charge in [0.25, 0.3) is 5.56 Å². The quantitative estimate of drug-likeness (QED) is 0.149. The van der Waals surface area contributed by atoms with Gasteiger partial charge in [-0.05, 0) is 45.0 Å². The number of amides is 2. The van der Waals surface area contributed by atoms with Gasteiger partial charge in [0.1, 0.15) is 11.3 Å². The molecule has 0 bridgehead atoms. The Labute approximate surface area is 311 Å². The van der Waals surface area contributed by atoms with E-state index in [9.17, 15) is 14.4 Å². The Balaban J connectivity index is 1.13. The Bertz CT molecular complexity index is 2240. The number of aromatic nitrogens is 4. The molecule has 0 spiro atoms. The summed E-state index contributed by atoms with van der Waals surface area (Å²) in [7, 11) is 5.27. The molecule has 2 atom stereocenters. The Kier molecular flexibility index (Phi) is 10.3. The molecular formula is C38H40Cl2N8O4. The molecule has 2 aliphatic rings. The van der Waals surface area contributed by atoms with Crippen LogP contribution in [0.4, 0.5) is 0 Å². The zero-order valence-corrected chi connectivity index (χ0v) is 30.7. The standard InChI is InChI=1S/C38H40Cl2N8O4/c1-46(31-13-15-34(50)44-31)20-22-10-12-29(43-37(22)52-3)28-9-5-8-27(36(28)40)26-7-4-6-25(35(26)39)23-18-30-38(51)47(2)32(45-48(30)21-23)19-41-17-16-24-11-14-33(49)42-24/h4-10,12,18,21,24,31,41H,11,13-17,19-20H2,1-3H3,(H,42,49)(H,44,50)/t24?,31-/m0/s1. The number of nitrogens with zero attached hydrogens (tertiary/aromatic N) is 5. The lowest BCUT2D eigenvalue weighted by molar-refractivity contribution is -0.120. The Hall–Kier alpha value is -4.75. The first-order valence-corrected chi connectivity index (χ1v) is 18.1. The molecule has 2 fully saturated rings. The second-order valence-electron chi connectivity index (χ2n) is 13.3. The van der Waals surface area contributed by atoms with Crippen LogP contribution in [-0.2, 0) is 29.7 Å². The molecule has 5 heterocycles. The van der Waals surface area contributed by atoms with E-state index in [1.807, 2.05) is 61.8 Å². The normalized spacial score (nSPS) is 17.3. The van der Waals surface area contributed by atoms with E-state index >= 15 is 0 Å². The smallest absolute Gasteiger partial charge is 0.277 e. The molecule has 12 nitrogen and oxygen atoms in total. The number of nitrogens with one attached hydrogen (secondary N) is 3. The summed E-state index contributed by atoms with van der Waals surface area (Å²) < 4.78 is 8.84. The average Bonchev–Trinajstić information content (AvgIpc) is 3.89. The summed E-state index contributed by atoms with van der Waals surface area (Å²) >= 11 is 14.2. The third kappa shape index (κ3) is 7.16. The van der Waals surface area contributed by atoms with E-state index in [4.69, 9.17) is 38.0 Å². The highest BCUT2D eigenvalue weighted by atomic mass is 35.5. The molecular weight excluding hydrogens is 703 g/mol. The van der Waals surface area contributed by atoms with Crippen LogP contribution >= 0.6 is 23.2 Å². The van der Waals surface area contributed by atoms with E-state index in [0.717, 1.165) is 52.6 Å². The maximum Gasteiger partial charge on any atom is 0.277 e. The van der Waals surface area contributed by atoms with E-state index in [0.29, 0.717) is 65.4 Å². The molecule has 270 valence electrons. The second-order valence-corrected chi connectivity index (χ2v) is 14.1. The second kappa shape index (κ2) is 15.1. The molecule has 0 saturated carbocycles. The highest BCUT2D eigenvalue weighted by molar-refractivity contribution is 6.39. The topological polar surface area (TPSA) is 135 Å². The predicted molar refractivity (Wildman–Crippen MR) is 201 cm³/mol. The van der Waals surface area contributed by atoms with Crippen molar-refractivity contribution < 1.29 is 14.3 Å². The van der Waals surface area contributed by atoms with Gasteiger partial charge in [-0.2, -0.15) is 5.10 Å². The van der Waals surface area contributed by atoms with Crippen LogP contribution in [0.3, 0.4) is 0 Å². The molecule has 0 aliphatic carbocycles. The molecule has 3 N–H and O–H groups in total. The fourth-order valence-corrected chi connectivity index (χ4v) is 7.63. The van der Waals surface area contributed by atoms with E-state index in [1.165, 1.54) is 0 Å². The fraction of sp³-hybridized carbons (Fsp3) is 0.342. The van der Waals surface area contributed by atoms with Gasteiger partial charge >= 0.3 is 0 Å². The lowest BCUT2D eigenvalue weighted by atomic mass is 9.97. The fourth-order valence-electron chi connectivity index (χ4n) is 6.97. The SMILES string of the molecule is COc1nc(-c2cccc(-c3cccc(-c4cc5c(=O)n(C)c(CNCCC6CCC(=O)N6)nn5c4)c3Cl)c2Cl)ccc1CN(C)[C@H]1CCC(=O)N1. The van der Waals surface area contributed by atoms with Crippen molar-refractivity contribution in [2.45, 2.75) is 57.4 Å². The Morgan fingerprint density at radius 1 is 0.942 bits per heavy atom. The first-order valence-electron chi connectivity index (χ1n) is 17.3. The van der Waals surface area contributed by atoms with Gasteiger partial charge in [-0.25, -0.2) is 9.50 Å². The van der Waals surface area contributed by atoms with Crippen LogP contribution in [0.1, 0.15) is 43.5 Å². The predicted octanol–water partition coefficient (Wildman–Crippen LogP) is 5.17. The lowest BCUT2D eigenvalue weighted by Crippen LogP contribution is -2.40. The molecule has 2 aliphatic heterocycles. The van der Waals surface area contributed by atoms with Crippen molar-refractivity contribution in [2.75, 3.05) is 20.7 Å². The zero-order chi connectivity index (χ0) is 36.5. The Morgan fingerprint density at radius 2 is 1.63 bits per heavy atom. The summed E-state index contributed by atoms with van der Waals surface area (Å²) in [5.74, 6) is 1.23. The van der Waals surface area contributed by atoms with Crippen molar-refractivity contribution in [1.29, 1.82) is 0 Å². The third-order valence-electron chi connectivity index (χ3n) is 9.90. The average molecular weight is 744 g/mol. The van der Waals surface area contributed by atoms with Gasteiger partial charge in [-0.15, -0.1) is 0 Å². The minimum absolute atomic E-state index is 0.0280. The summed E-state index contributed by atoms with van der Waals surface area (Å²) in [5, 5.41) is 15.0. The minimum atomic E-state index is -0.171. The molecule has 14 heteroatoms. The number of hydrogen-bond acceptors (Lipinski definition) is 8. The largest absolute Gasteiger partial charge is 0.481 e. The van der Waals surface area contributed by atoms with Crippen molar-refractivity contribution in [3.8, 4) is 39.4 Å². The summed E-state index contributed by atoms with van der Waals surface area (Å²) in [4.78, 5) is 43.5. The number of rotatable bonds is 12. The number of ether oxygens (including phenoxy) is 1. The number of hydrogen-bond donors (Lipinski definition) is 3. The molecule has 3 aromatic heterocycles. The number of methoxy groups -OCH3 is 1. The van der Waals surface area contributed by atoms with Gasteiger partial charge in [-0.3, -0.25) is 23.9 Å². The van der Waals surface area contributed by atoms with E-state index in [1.54, 1.807) is 29.3 Å². The monoisotopic (exact) mass is 742 g/mol. The maximum absolute atomic E-state index is 13.4. The van der Waals surface area contributed by atoms with Crippen molar-refractivity contribution in [3.63, 3.8) is 0 Å². The molecule has 5 aromatic rings. The van der Waals surface area contributed by atoms with Crippen molar-refractivity contribution in [1.82, 2.24) is 40.0 Å². The summed E-state index contributed by atoms with van der Waals surface area (Å²) in [6.45, 7) is 1.65. The number of carbonyl (C=O) groups excluding carboxylic acids is 2. The maximum atomic E-state index is 13.4. The van der Waals surface area contributed by atoms with Crippen LogP contribution in [0.2, 0.25) is 10.0 Å². The van der Waals surface area contributed by atoms with E-state index < -0.39 is 0 Å². The minimum Gasteiger partial charge on any atom is -0.481 e. The number of halogens is 2. The molecule has 7 rings (SSSR count). The van der Waals surface area contributed by atoms with Crippen LogP contribution in [0, 0.1) is 0 Å². The zero-order valence-electron chi connectivity index (χ0n) is 29.2. The molecule has 2 amide bonds. The molecule has 2 saturated heterocycles. The molecule has 1 unspecified atom stereocenters. The van der Waals surface area contributed by atoms with Gasteiger partial charge in [0.2, 0.25) is 17.7 Å². The summed E-state index contributed by atoms with van der Waals surface area (Å²) in [6, 6.07) is 17.4. The highest BCUT2D eigenvalue weighted by Crippen LogP contribution is 2.42. The number of carbonyl (C=O) groups is 2. The third-order valence-corrected chi connectivity index (χ3v) is 10.7. The highest BCUT2D eigenvalue weighted by Gasteiger charge is 2.26. The first-order chi connectivity index (χ1) is 25.1. The van der Waals surface area contributed by atoms with Crippen LogP contribution in [0.5, 0.6) is 5.88 Å². The van der Waals surface area contributed by atoms with Crippen molar-refractivity contribution in [2.24, 2.45) is 7.05 Å². The lowest BCUT2D eigenvalue weighted by Gasteiger charge is -2.24. The molecule has 52 heavy (non-hydrogen) atoms. The van der Waals surface area contributed by atoms with Gasteiger partial charge in [0.05, 0.1) is 35.6 Å². The van der Waals surface area contributed by atoms with Crippen molar-refractivity contribution in [3.05, 3.63) is 92.6 Å². The van der Waals surface area contributed by atoms with Crippen LogP contribution in [-0.4, -0.2) is 68.8 Å². The van der Waals surface area contributed by atoms with Crippen LogP contribution in [0.25, 0.3) is 39.0 Å². The summed E-state index contributed by atoms with van der Waals surface area (Å²) in [5.41, 5.74) is 5.46.